The summed E-state index contributed by atoms with van der Waals surface area (Å²) in [5.41, 5.74) is 1.34. The van der Waals surface area contributed by atoms with Crippen LogP contribution in [-0.2, 0) is 16.1 Å². The van der Waals surface area contributed by atoms with Crippen molar-refractivity contribution in [2.24, 2.45) is 0 Å². The van der Waals surface area contributed by atoms with Crippen LogP contribution >= 0.6 is 0 Å². The molecule has 0 radical (unpaired) electrons. The molecule has 0 bridgehead atoms. The van der Waals surface area contributed by atoms with E-state index in [1.807, 2.05) is 6.07 Å². The molecule has 0 saturated carbocycles. The molecule has 1 aliphatic rings. The van der Waals surface area contributed by atoms with E-state index in [2.05, 4.69) is 10.6 Å². The number of pyridine rings is 1. The quantitative estimate of drug-likeness (QED) is 0.758. The fraction of sp³-hybridized carbons (Fsp3) is 0.364. The van der Waals surface area contributed by atoms with Crippen LogP contribution in [0.25, 0.3) is 0 Å². The van der Waals surface area contributed by atoms with Gasteiger partial charge in [-0.15, -0.1) is 0 Å². The number of nitriles is 1. The van der Waals surface area contributed by atoms with Gasteiger partial charge in [-0.05, 0) is 50.5 Å². The molecule has 1 aliphatic heterocycles. The van der Waals surface area contributed by atoms with Crippen molar-refractivity contribution in [3.8, 4) is 6.07 Å². The van der Waals surface area contributed by atoms with E-state index < -0.39 is 11.5 Å². The molecule has 8 nitrogen and oxygen atoms in total. The van der Waals surface area contributed by atoms with Gasteiger partial charge in [-0.2, -0.15) is 5.26 Å². The van der Waals surface area contributed by atoms with E-state index in [0.29, 0.717) is 35.7 Å². The SMILES string of the molecule is Cc1cc(C)n(CC(=O)Nc2ccccc2C(=O)NCC2CCCO2)c(=O)c1C#N. The molecule has 1 aromatic carbocycles. The Kier molecular flexibility index (Phi) is 6.65. The van der Waals surface area contributed by atoms with Gasteiger partial charge in [0.05, 0.1) is 17.4 Å². The second-order valence-corrected chi connectivity index (χ2v) is 7.29. The van der Waals surface area contributed by atoms with Crippen LogP contribution in [0.15, 0.2) is 35.1 Å². The number of ether oxygens (including phenoxy) is 1. The number of hydrogen-bond acceptors (Lipinski definition) is 5. The fourth-order valence-corrected chi connectivity index (χ4v) is 3.49. The Morgan fingerprint density at radius 2 is 2.07 bits per heavy atom. The van der Waals surface area contributed by atoms with Crippen molar-refractivity contribution >= 4 is 17.5 Å². The van der Waals surface area contributed by atoms with E-state index in [-0.39, 0.29) is 24.1 Å². The van der Waals surface area contributed by atoms with Crippen molar-refractivity contribution in [2.45, 2.75) is 39.3 Å². The Bertz CT molecular complexity index is 1060. The van der Waals surface area contributed by atoms with E-state index in [0.717, 1.165) is 12.8 Å². The van der Waals surface area contributed by atoms with Crippen LogP contribution in [0.5, 0.6) is 0 Å². The van der Waals surface area contributed by atoms with Gasteiger partial charge in [0.2, 0.25) is 5.91 Å². The lowest BCUT2D eigenvalue weighted by Crippen LogP contribution is -2.33. The highest BCUT2D eigenvalue weighted by atomic mass is 16.5. The van der Waals surface area contributed by atoms with E-state index in [9.17, 15) is 19.6 Å². The Morgan fingerprint density at radius 1 is 1.30 bits per heavy atom. The van der Waals surface area contributed by atoms with Gasteiger partial charge in [-0.3, -0.25) is 14.4 Å². The summed E-state index contributed by atoms with van der Waals surface area (Å²) >= 11 is 0. The smallest absolute Gasteiger partial charge is 0.269 e. The minimum atomic E-state index is -0.507. The Labute approximate surface area is 174 Å². The van der Waals surface area contributed by atoms with Crippen LogP contribution in [0.1, 0.15) is 40.0 Å². The molecule has 2 aromatic rings. The standard InChI is InChI=1S/C22H24N4O4/c1-14-10-15(2)26(22(29)18(14)11-23)13-20(27)25-19-8-4-3-7-17(19)21(28)24-12-16-6-5-9-30-16/h3-4,7-8,10,16H,5-6,9,12-13H2,1-2H3,(H,24,28)(H,25,27). The lowest BCUT2D eigenvalue weighted by molar-refractivity contribution is -0.116. The molecule has 2 N–H and O–H groups in total. The number of carbonyl (C=O) groups excluding carboxylic acids is 2. The maximum Gasteiger partial charge on any atom is 0.269 e. The van der Waals surface area contributed by atoms with Gasteiger partial charge in [0.25, 0.3) is 11.5 Å². The number of carbonyl (C=O) groups is 2. The van der Waals surface area contributed by atoms with Gasteiger partial charge in [0.15, 0.2) is 0 Å². The maximum atomic E-state index is 12.6. The highest BCUT2D eigenvalue weighted by molar-refractivity contribution is 6.03. The summed E-state index contributed by atoms with van der Waals surface area (Å²) in [4.78, 5) is 37.7. The molecule has 30 heavy (non-hydrogen) atoms. The van der Waals surface area contributed by atoms with Crippen molar-refractivity contribution in [1.29, 1.82) is 5.26 Å². The summed E-state index contributed by atoms with van der Waals surface area (Å²) in [6.07, 6.45) is 1.91. The number of aryl methyl sites for hydroxylation is 2. The summed E-state index contributed by atoms with van der Waals surface area (Å²) in [6.45, 7) is 4.25. The van der Waals surface area contributed by atoms with Crippen LogP contribution in [-0.4, -0.2) is 35.6 Å². The zero-order valence-electron chi connectivity index (χ0n) is 17.0. The summed E-state index contributed by atoms with van der Waals surface area (Å²) in [7, 11) is 0. The number of anilines is 1. The average molecular weight is 408 g/mol. The van der Waals surface area contributed by atoms with Crippen molar-refractivity contribution < 1.29 is 14.3 Å². The average Bonchev–Trinajstić information content (AvgIpc) is 3.23. The van der Waals surface area contributed by atoms with Gasteiger partial charge in [0.1, 0.15) is 18.2 Å². The van der Waals surface area contributed by atoms with Gasteiger partial charge >= 0.3 is 0 Å². The molecule has 1 unspecified atom stereocenters. The third-order valence-corrected chi connectivity index (χ3v) is 5.08. The molecule has 156 valence electrons. The summed E-state index contributed by atoms with van der Waals surface area (Å²) < 4.78 is 6.76. The molecule has 3 rings (SSSR count). The molecule has 0 spiro atoms. The van der Waals surface area contributed by atoms with Crippen LogP contribution in [0.4, 0.5) is 5.69 Å². The number of hydrogen-bond donors (Lipinski definition) is 2. The summed E-state index contributed by atoms with van der Waals surface area (Å²) in [5, 5.41) is 14.7. The van der Waals surface area contributed by atoms with Gasteiger partial charge in [-0.25, -0.2) is 0 Å². The predicted molar refractivity (Wildman–Crippen MR) is 111 cm³/mol. The van der Waals surface area contributed by atoms with Gasteiger partial charge < -0.3 is 19.9 Å². The van der Waals surface area contributed by atoms with E-state index in [4.69, 9.17) is 4.74 Å². The highest BCUT2D eigenvalue weighted by Gasteiger charge is 2.19. The fourth-order valence-electron chi connectivity index (χ4n) is 3.49. The second-order valence-electron chi connectivity index (χ2n) is 7.29. The van der Waals surface area contributed by atoms with Crippen LogP contribution in [0, 0.1) is 25.2 Å². The monoisotopic (exact) mass is 408 g/mol. The molecule has 2 amide bonds. The van der Waals surface area contributed by atoms with Crippen molar-refractivity contribution in [2.75, 3.05) is 18.5 Å². The number of nitrogens with zero attached hydrogens (tertiary/aromatic N) is 2. The first-order valence-electron chi connectivity index (χ1n) is 9.80. The number of rotatable bonds is 6. The Hall–Kier alpha value is -3.44. The molecular weight excluding hydrogens is 384 g/mol. The first kappa shape index (κ1) is 21.3. The van der Waals surface area contributed by atoms with Gasteiger partial charge in [0, 0.05) is 18.8 Å². The third kappa shape index (κ3) is 4.75. The Balaban J connectivity index is 1.73. The number of amides is 2. The first-order valence-corrected chi connectivity index (χ1v) is 9.80. The van der Waals surface area contributed by atoms with Gasteiger partial charge in [-0.1, -0.05) is 12.1 Å². The minimum Gasteiger partial charge on any atom is -0.376 e. The number of aromatic nitrogens is 1. The number of benzene rings is 1. The number of nitrogens with one attached hydrogen (secondary N) is 2. The zero-order chi connectivity index (χ0) is 21.7. The lowest BCUT2D eigenvalue weighted by atomic mass is 10.1. The molecule has 1 fully saturated rings. The predicted octanol–water partition coefficient (Wildman–Crippen LogP) is 1.88. The zero-order valence-corrected chi connectivity index (χ0v) is 17.0. The van der Waals surface area contributed by atoms with E-state index in [1.54, 1.807) is 44.2 Å². The molecule has 2 heterocycles. The molecule has 1 atom stereocenters. The Morgan fingerprint density at radius 3 is 2.77 bits per heavy atom. The van der Waals surface area contributed by atoms with Crippen molar-refractivity contribution in [3.05, 3.63) is 63.1 Å². The molecule has 8 heteroatoms. The van der Waals surface area contributed by atoms with Crippen molar-refractivity contribution in [3.63, 3.8) is 0 Å². The largest absolute Gasteiger partial charge is 0.376 e. The van der Waals surface area contributed by atoms with Crippen molar-refractivity contribution in [1.82, 2.24) is 9.88 Å². The highest BCUT2D eigenvalue weighted by Crippen LogP contribution is 2.16. The maximum absolute atomic E-state index is 12.6. The molecular formula is C22H24N4O4. The lowest BCUT2D eigenvalue weighted by Gasteiger charge is -2.15. The van der Waals surface area contributed by atoms with Crippen LogP contribution < -0.4 is 16.2 Å². The van der Waals surface area contributed by atoms with E-state index >= 15 is 0 Å². The topological polar surface area (TPSA) is 113 Å². The first-order chi connectivity index (χ1) is 14.4. The second kappa shape index (κ2) is 9.37. The number of para-hydroxylation sites is 1. The minimum absolute atomic E-state index is 0.0152. The van der Waals surface area contributed by atoms with Crippen LogP contribution in [0.2, 0.25) is 0 Å². The third-order valence-electron chi connectivity index (χ3n) is 5.08. The normalized spacial score (nSPS) is 15.4. The molecule has 1 aromatic heterocycles. The van der Waals surface area contributed by atoms with Crippen LogP contribution in [0.3, 0.4) is 0 Å². The summed E-state index contributed by atoms with van der Waals surface area (Å²) in [6, 6.07) is 10.3. The summed E-state index contributed by atoms with van der Waals surface area (Å²) in [5.74, 6) is -0.774. The van der Waals surface area contributed by atoms with E-state index in [1.165, 1.54) is 4.57 Å². The molecule has 1 saturated heterocycles. The molecule has 0 aliphatic carbocycles.